The topological polar surface area (TPSA) is 88.4 Å². The lowest BCUT2D eigenvalue weighted by atomic mass is 10.1. The van der Waals surface area contributed by atoms with Gasteiger partial charge in [0.05, 0.1) is 19.8 Å². The first-order valence-corrected chi connectivity index (χ1v) is 44.8. The summed E-state index contributed by atoms with van der Waals surface area (Å²) in [6.07, 6.45) is 78.8. The van der Waals surface area contributed by atoms with E-state index in [-0.39, 0.29) is 0 Å². The Kier molecular flexibility index (Phi) is 72.4. The molecule has 0 aromatic heterocycles. The van der Waals surface area contributed by atoms with Crippen LogP contribution in [0, 0.1) is 0 Å². The average molecular weight is 1240 g/mol. The Morgan fingerprint density at radius 1 is 0.220 bits per heavy atom. The number of unbranched alkanes of at least 4 members (excludes halogenated alkanes) is 54. The van der Waals surface area contributed by atoms with E-state index in [0.717, 1.165) is 55.8 Å². The van der Waals surface area contributed by atoms with Gasteiger partial charge in [0.15, 0.2) is 0 Å². The highest BCUT2D eigenvalue weighted by molar-refractivity contribution is 8.39. The molecule has 3 N–H and O–H groups in total. The van der Waals surface area contributed by atoms with Crippen molar-refractivity contribution in [3.05, 3.63) is 0 Å². The van der Waals surface area contributed by atoms with Crippen molar-refractivity contribution < 1.29 is 28.3 Å². The second kappa shape index (κ2) is 69.7. The Labute approximate surface area is 523 Å². The summed E-state index contributed by atoms with van der Waals surface area (Å²) in [6.45, 7) is 9.34. The Hall–Kier alpha value is 1.19. The molecule has 0 spiro atoms. The number of rotatable bonds is 69. The molecule has 6 nitrogen and oxygen atoms in total. The van der Waals surface area contributed by atoms with Gasteiger partial charge in [0.2, 0.25) is 0 Å². The van der Waals surface area contributed by atoms with Crippen molar-refractivity contribution in [3.8, 4) is 0 Å². The van der Waals surface area contributed by atoms with Gasteiger partial charge in [-0.1, -0.05) is 388 Å². The van der Waals surface area contributed by atoms with E-state index in [2.05, 4.69) is 41.5 Å². The second-order valence-corrected chi connectivity index (χ2v) is 37.6. The van der Waals surface area contributed by atoms with Gasteiger partial charge < -0.3 is 28.3 Å². The smallest absolute Gasteiger partial charge is 0.327 e. The Morgan fingerprint density at radius 3 is 0.500 bits per heavy atom. The molecule has 0 aliphatic carbocycles. The maximum Gasteiger partial charge on any atom is 0.327 e. The fraction of sp³-hybridized carbons (Fsp3) is 1.00. The number of hydrogen-bond acceptors (Lipinski definition) is 4. The fourth-order valence-electron chi connectivity index (χ4n) is 11.8. The van der Waals surface area contributed by atoms with Crippen molar-refractivity contribution in [2.45, 2.75) is 427 Å². The number of hydrogen-bond donors (Lipinski definition) is 4. The quantitative estimate of drug-likeness (QED) is 0.0274. The zero-order chi connectivity index (χ0) is 60.3. The predicted molar refractivity (Wildman–Crippen MR) is 380 cm³/mol. The van der Waals surface area contributed by atoms with Crippen LogP contribution >= 0.6 is 13.4 Å². The van der Waals surface area contributed by atoms with Gasteiger partial charge in [-0.15, -0.1) is 0 Å². The SMILES string of the molecule is CCCCCCCCCCCCOP(=S)(OCCCCCCCCCCCC)OCCCCCCCCCCCC.CCCCCCCCCCCC[SH](CCCCCCCCCCCC)(CCCCCCCCCCCC)=P(O)(O)O. The summed E-state index contributed by atoms with van der Waals surface area (Å²) >= 11 is 5.86. The summed E-state index contributed by atoms with van der Waals surface area (Å²) in [5.74, 6) is 2.70. The lowest BCUT2D eigenvalue weighted by Gasteiger charge is -2.35. The minimum Gasteiger partial charge on any atom is -0.330 e. The van der Waals surface area contributed by atoms with Crippen LogP contribution in [-0.4, -0.2) is 51.8 Å². The van der Waals surface area contributed by atoms with Crippen LogP contribution in [0.15, 0.2) is 0 Å². The average Bonchev–Trinajstić information content (AvgIpc) is 3.48. The maximum absolute atomic E-state index is 10.8. The molecule has 0 saturated heterocycles. The molecule has 0 fully saturated rings. The highest BCUT2D eigenvalue weighted by atomic mass is 32.6. The largest absolute Gasteiger partial charge is 0.330 e. The summed E-state index contributed by atoms with van der Waals surface area (Å²) in [7, 11) is -2.12. The van der Waals surface area contributed by atoms with Gasteiger partial charge in [-0.05, 0) is 67.6 Å². The van der Waals surface area contributed by atoms with Crippen molar-refractivity contribution in [3.63, 3.8) is 0 Å². The van der Waals surface area contributed by atoms with Gasteiger partial charge in [-0.25, -0.2) is 0 Å². The van der Waals surface area contributed by atoms with E-state index >= 15 is 0 Å². The standard InChI is InChI=1S/C36H79O3PS.C36H75O3PS/c1-4-7-10-13-16-19-22-25-28-31-34-41(40(37,38)39,35-32-29-26-23-20-17-14-11-8-5-2)36-33-30-27-24-21-18-15-12-9-6-3;1-4-7-10-13-16-19-22-25-28-31-34-37-40(41,38-35-32-29-26-23-20-17-14-11-8-5-2)39-36-33-30-27-24-21-18-15-12-9-6-3/h37-39,41H,4-36H2,1-3H3;4-36H2,1-3H3. The monoisotopic (exact) mass is 1240 g/mol. The summed E-state index contributed by atoms with van der Waals surface area (Å²) < 4.78 is 18.5. The molecule has 0 aromatic carbocycles. The van der Waals surface area contributed by atoms with E-state index in [1.54, 1.807) is 0 Å². The van der Waals surface area contributed by atoms with E-state index < -0.39 is 22.6 Å². The van der Waals surface area contributed by atoms with Crippen LogP contribution in [-0.2, 0) is 34.6 Å². The highest BCUT2D eigenvalue weighted by Gasteiger charge is 2.25. The minimum atomic E-state index is -3.78. The molecular weight excluding hydrogens is 1090 g/mol. The second-order valence-electron chi connectivity index (χ2n) is 25.8. The molecule has 0 amide bonds. The van der Waals surface area contributed by atoms with Crippen LogP contribution in [0.2, 0.25) is 0 Å². The molecule has 0 rings (SSSR count). The van der Waals surface area contributed by atoms with Gasteiger partial charge in [-0.3, -0.25) is 0 Å². The summed E-state index contributed by atoms with van der Waals surface area (Å²) in [5.41, 5.74) is 0. The third kappa shape index (κ3) is 62.8. The molecule has 0 radical (unpaired) electrons. The van der Waals surface area contributed by atoms with E-state index in [1.807, 2.05) is 0 Å². The van der Waals surface area contributed by atoms with Gasteiger partial charge in [-0.2, -0.15) is 9.21 Å². The predicted octanol–water partition coefficient (Wildman–Crippen LogP) is 26.3. The van der Waals surface area contributed by atoms with Crippen LogP contribution in [0.4, 0.5) is 0 Å². The lowest BCUT2D eigenvalue weighted by Crippen LogP contribution is -2.27. The highest BCUT2D eigenvalue weighted by Crippen LogP contribution is 2.50. The third-order valence-corrected chi connectivity index (χ3v) is 29.8. The number of thiol groups is 1. The van der Waals surface area contributed by atoms with Crippen molar-refractivity contribution in [1.82, 2.24) is 0 Å². The minimum absolute atomic E-state index is 0.684. The fourth-order valence-corrected chi connectivity index (χ4v) is 21.4. The van der Waals surface area contributed by atoms with Crippen LogP contribution < -0.4 is 0 Å². The molecule has 0 heterocycles. The molecule has 0 aliphatic heterocycles. The van der Waals surface area contributed by atoms with Crippen molar-refractivity contribution in [1.29, 1.82) is 0 Å². The van der Waals surface area contributed by atoms with Crippen molar-refractivity contribution in [2.75, 3.05) is 37.1 Å². The van der Waals surface area contributed by atoms with Gasteiger partial charge in [0.25, 0.3) is 6.72 Å². The lowest BCUT2D eigenvalue weighted by molar-refractivity contribution is 0.150. The molecular formula is C72H154O6P2S2. The van der Waals surface area contributed by atoms with Crippen LogP contribution in [0.5, 0.6) is 0 Å². The van der Waals surface area contributed by atoms with E-state index in [1.165, 1.54) is 347 Å². The molecule has 500 valence electrons. The van der Waals surface area contributed by atoms with E-state index in [0.29, 0.717) is 19.8 Å². The zero-order valence-electron chi connectivity index (χ0n) is 57.0. The molecule has 0 bridgehead atoms. The van der Waals surface area contributed by atoms with Gasteiger partial charge in [0.1, 0.15) is 0 Å². The van der Waals surface area contributed by atoms with Crippen LogP contribution in [0.1, 0.15) is 427 Å². The molecule has 10 heteroatoms. The normalized spacial score (nSPS) is 12.4. The molecule has 0 saturated carbocycles. The zero-order valence-corrected chi connectivity index (χ0v) is 60.5. The molecule has 82 heavy (non-hydrogen) atoms. The third-order valence-electron chi connectivity index (χ3n) is 17.6. The van der Waals surface area contributed by atoms with Crippen molar-refractivity contribution >= 4 is 34.5 Å². The van der Waals surface area contributed by atoms with Crippen LogP contribution in [0.25, 0.3) is 0 Å². The molecule has 0 unspecified atom stereocenters. The summed E-state index contributed by atoms with van der Waals surface area (Å²) in [4.78, 5) is 32.5. The summed E-state index contributed by atoms with van der Waals surface area (Å²) in [6, 6.07) is 0. The molecule has 0 atom stereocenters. The van der Waals surface area contributed by atoms with Crippen LogP contribution in [0.3, 0.4) is 0 Å². The molecule has 0 aromatic rings. The van der Waals surface area contributed by atoms with E-state index in [9.17, 15) is 14.7 Å². The van der Waals surface area contributed by atoms with Crippen molar-refractivity contribution in [2.24, 2.45) is 0 Å². The Morgan fingerprint density at radius 2 is 0.354 bits per heavy atom. The Balaban J connectivity index is 0. The molecule has 0 aliphatic rings. The summed E-state index contributed by atoms with van der Waals surface area (Å²) in [5, 5.41) is 0. The first-order chi connectivity index (χ1) is 40.1. The Bertz CT molecular complexity index is 1180. The first kappa shape index (κ1) is 85.3. The maximum atomic E-state index is 10.8. The van der Waals surface area contributed by atoms with Gasteiger partial charge in [0, 0.05) is 0 Å². The van der Waals surface area contributed by atoms with Gasteiger partial charge >= 0.3 is 6.72 Å². The first-order valence-electron chi connectivity index (χ1n) is 37.6. The van der Waals surface area contributed by atoms with E-state index in [4.69, 9.17) is 25.4 Å².